The predicted octanol–water partition coefficient (Wildman–Crippen LogP) is 5.69. The van der Waals surface area contributed by atoms with Crippen LogP contribution in [0.25, 0.3) is 21.8 Å². The highest BCUT2D eigenvalue weighted by atomic mass is 79.9. The summed E-state index contributed by atoms with van der Waals surface area (Å²) in [5.74, 6) is -0.237. The molecule has 0 aliphatic carbocycles. The van der Waals surface area contributed by atoms with Crippen molar-refractivity contribution < 1.29 is 4.39 Å². The maximum atomic E-state index is 13.3. The van der Waals surface area contributed by atoms with Crippen LogP contribution in [-0.2, 0) is 0 Å². The molecule has 20 heavy (non-hydrogen) atoms. The molecule has 0 fully saturated rings. The van der Waals surface area contributed by atoms with Crippen LogP contribution in [0.1, 0.15) is 4.88 Å². The van der Waals surface area contributed by atoms with Crippen molar-refractivity contribution in [2.75, 3.05) is 0 Å². The lowest BCUT2D eigenvalue weighted by atomic mass is 10.1. The van der Waals surface area contributed by atoms with Crippen LogP contribution in [0.3, 0.4) is 0 Å². The van der Waals surface area contributed by atoms with Crippen molar-refractivity contribution in [2.24, 2.45) is 0 Å². The van der Waals surface area contributed by atoms with Gasteiger partial charge in [0.05, 0.1) is 5.69 Å². The molecular formula is C16H11BrFNS. The SMILES string of the molecule is Cc1sc(-c2cccc(Br)c2)nc1-c1cccc(F)c1. The van der Waals surface area contributed by atoms with Crippen LogP contribution < -0.4 is 0 Å². The maximum Gasteiger partial charge on any atom is 0.124 e. The van der Waals surface area contributed by atoms with Crippen molar-refractivity contribution in [3.63, 3.8) is 0 Å². The van der Waals surface area contributed by atoms with Gasteiger partial charge in [-0.25, -0.2) is 9.37 Å². The van der Waals surface area contributed by atoms with E-state index in [0.29, 0.717) is 0 Å². The Balaban J connectivity index is 2.08. The summed E-state index contributed by atoms with van der Waals surface area (Å²) in [5.41, 5.74) is 2.74. The molecule has 0 atom stereocenters. The van der Waals surface area contributed by atoms with E-state index in [1.165, 1.54) is 12.1 Å². The molecule has 0 radical (unpaired) electrons. The summed E-state index contributed by atoms with van der Waals surface area (Å²) in [6.07, 6.45) is 0. The lowest BCUT2D eigenvalue weighted by molar-refractivity contribution is 0.628. The molecule has 0 saturated carbocycles. The highest BCUT2D eigenvalue weighted by Crippen LogP contribution is 2.34. The second-order valence-electron chi connectivity index (χ2n) is 4.44. The lowest BCUT2D eigenvalue weighted by Crippen LogP contribution is -1.83. The van der Waals surface area contributed by atoms with Gasteiger partial charge < -0.3 is 0 Å². The first-order valence-corrected chi connectivity index (χ1v) is 7.74. The van der Waals surface area contributed by atoms with Gasteiger partial charge in [-0.15, -0.1) is 11.3 Å². The molecule has 0 aliphatic heterocycles. The maximum absolute atomic E-state index is 13.3. The van der Waals surface area contributed by atoms with Gasteiger partial charge in [0.25, 0.3) is 0 Å². The fourth-order valence-electron chi connectivity index (χ4n) is 2.05. The van der Waals surface area contributed by atoms with Gasteiger partial charge in [-0.3, -0.25) is 0 Å². The van der Waals surface area contributed by atoms with Crippen LogP contribution in [0.15, 0.2) is 53.0 Å². The third kappa shape index (κ3) is 2.67. The highest BCUT2D eigenvalue weighted by Gasteiger charge is 2.12. The molecule has 0 saturated heterocycles. The van der Waals surface area contributed by atoms with E-state index in [-0.39, 0.29) is 5.82 Å². The number of thiazole rings is 1. The van der Waals surface area contributed by atoms with Gasteiger partial charge in [-0.1, -0.05) is 40.2 Å². The Morgan fingerprint density at radius 2 is 1.80 bits per heavy atom. The Morgan fingerprint density at radius 1 is 1.05 bits per heavy atom. The molecule has 0 N–H and O–H groups in total. The average molecular weight is 348 g/mol. The van der Waals surface area contributed by atoms with Crippen LogP contribution in [-0.4, -0.2) is 4.98 Å². The zero-order chi connectivity index (χ0) is 14.1. The van der Waals surface area contributed by atoms with Gasteiger partial charge in [-0.05, 0) is 31.2 Å². The molecule has 1 nitrogen and oxygen atoms in total. The molecule has 1 aromatic heterocycles. The molecular weight excluding hydrogens is 337 g/mol. The van der Waals surface area contributed by atoms with E-state index in [1.54, 1.807) is 17.4 Å². The second kappa shape index (κ2) is 5.46. The molecule has 1 heterocycles. The minimum atomic E-state index is -0.237. The summed E-state index contributed by atoms with van der Waals surface area (Å²) >= 11 is 5.09. The van der Waals surface area contributed by atoms with Crippen molar-refractivity contribution in [2.45, 2.75) is 6.92 Å². The van der Waals surface area contributed by atoms with Crippen molar-refractivity contribution in [1.29, 1.82) is 0 Å². The third-order valence-corrected chi connectivity index (χ3v) is 4.48. The summed E-state index contributed by atoms with van der Waals surface area (Å²) in [5, 5.41) is 0.947. The molecule has 3 rings (SSSR count). The van der Waals surface area contributed by atoms with Crippen molar-refractivity contribution in [1.82, 2.24) is 4.98 Å². The molecule has 0 amide bonds. The Morgan fingerprint density at radius 3 is 2.55 bits per heavy atom. The first-order chi connectivity index (χ1) is 9.63. The zero-order valence-electron chi connectivity index (χ0n) is 10.7. The smallest absolute Gasteiger partial charge is 0.124 e. The van der Waals surface area contributed by atoms with E-state index >= 15 is 0 Å². The van der Waals surface area contributed by atoms with Crippen LogP contribution >= 0.6 is 27.3 Å². The van der Waals surface area contributed by atoms with Crippen molar-refractivity contribution in [3.8, 4) is 21.8 Å². The first kappa shape index (κ1) is 13.5. The number of hydrogen-bond acceptors (Lipinski definition) is 2. The number of nitrogens with zero attached hydrogens (tertiary/aromatic N) is 1. The molecule has 2 aromatic carbocycles. The summed E-state index contributed by atoms with van der Waals surface area (Å²) in [6.45, 7) is 2.01. The summed E-state index contributed by atoms with van der Waals surface area (Å²) in [6, 6.07) is 14.6. The van der Waals surface area contributed by atoms with E-state index in [4.69, 9.17) is 0 Å². The molecule has 0 unspecified atom stereocenters. The van der Waals surface area contributed by atoms with Gasteiger partial charge in [0.2, 0.25) is 0 Å². The minimum absolute atomic E-state index is 0.237. The number of aryl methyl sites for hydroxylation is 1. The Bertz CT molecular complexity index is 767. The topological polar surface area (TPSA) is 12.9 Å². The third-order valence-electron chi connectivity index (χ3n) is 2.97. The van der Waals surface area contributed by atoms with E-state index in [0.717, 1.165) is 31.2 Å². The Labute approximate surface area is 129 Å². The van der Waals surface area contributed by atoms with E-state index < -0.39 is 0 Å². The van der Waals surface area contributed by atoms with Gasteiger partial charge in [-0.2, -0.15) is 0 Å². The van der Waals surface area contributed by atoms with E-state index in [1.807, 2.05) is 37.3 Å². The fraction of sp³-hybridized carbons (Fsp3) is 0.0625. The Hall–Kier alpha value is -1.52. The summed E-state index contributed by atoms with van der Waals surface area (Å²) in [4.78, 5) is 5.75. The van der Waals surface area contributed by atoms with Crippen LogP contribution in [0.2, 0.25) is 0 Å². The van der Waals surface area contributed by atoms with Crippen LogP contribution in [0.5, 0.6) is 0 Å². The predicted molar refractivity (Wildman–Crippen MR) is 85.4 cm³/mol. The van der Waals surface area contributed by atoms with Crippen molar-refractivity contribution >= 4 is 27.3 Å². The fourth-order valence-corrected chi connectivity index (χ4v) is 3.38. The molecule has 3 aromatic rings. The number of benzene rings is 2. The molecule has 4 heteroatoms. The number of halogens is 2. The molecule has 0 spiro atoms. The molecule has 0 aliphatic rings. The number of aromatic nitrogens is 1. The average Bonchev–Trinajstić information content (AvgIpc) is 2.81. The van der Waals surface area contributed by atoms with Gasteiger partial charge >= 0.3 is 0 Å². The lowest BCUT2D eigenvalue weighted by Gasteiger charge is -1.99. The summed E-state index contributed by atoms with van der Waals surface area (Å²) < 4.78 is 14.4. The normalized spacial score (nSPS) is 10.8. The van der Waals surface area contributed by atoms with Gasteiger partial charge in [0.1, 0.15) is 10.8 Å². The van der Waals surface area contributed by atoms with Crippen LogP contribution in [0.4, 0.5) is 4.39 Å². The largest absolute Gasteiger partial charge is 0.236 e. The van der Waals surface area contributed by atoms with Gasteiger partial charge in [0, 0.05) is 20.5 Å². The minimum Gasteiger partial charge on any atom is -0.236 e. The summed E-state index contributed by atoms with van der Waals surface area (Å²) in [7, 11) is 0. The molecule has 100 valence electrons. The second-order valence-corrected chi connectivity index (χ2v) is 6.56. The van der Waals surface area contributed by atoms with Gasteiger partial charge in [0.15, 0.2) is 0 Å². The standard InChI is InChI=1S/C16H11BrFNS/c1-10-15(11-4-3-7-14(18)9-11)19-16(20-10)12-5-2-6-13(17)8-12/h2-9H,1H3. The first-order valence-electron chi connectivity index (χ1n) is 6.13. The number of rotatable bonds is 2. The Kier molecular flexibility index (Phi) is 3.68. The van der Waals surface area contributed by atoms with Crippen LogP contribution in [0, 0.1) is 12.7 Å². The van der Waals surface area contributed by atoms with Crippen molar-refractivity contribution in [3.05, 3.63) is 63.7 Å². The molecule has 0 bridgehead atoms. The highest BCUT2D eigenvalue weighted by molar-refractivity contribution is 9.10. The quantitative estimate of drug-likeness (QED) is 0.580. The zero-order valence-corrected chi connectivity index (χ0v) is 13.1. The monoisotopic (exact) mass is 347 g/mol. The van der Waals surface area contributed by atoms with E-state index in [9.17, 15) is 4.39 Å². The number of hydrogen-bond donors (Lipinski definition) is 0. The van der Waals surface area contributed by atoms with E-state index in [2.05, 4.69) is 20.9 Å².